The summed E-state index contributed by atoms with van der Waals surface area (Å²) in [7, 11) is 1.71. The highest BCUT2D eigenvalue weighted by atomic mass is 32.2. The number of ether oxygens (including phenoxy) is 1. The topological polar surface area (TPSA) is 61.9 Å². The maximum atomic E-state index is 12.7. The van der Waals surface area contributed by atoms with E-state index >= 15 is 0 Å². The van der Waals surface area contributed by atoms with Crippen LogP contribution in [0, 0.1) is 0 Å². The number of methoxy groups -OCH3 is 1. The Hall–Kier alpha value is -2.51. The van der Waals surface area contributed by atoms with Crippen LogP contribution in [0.5, 0.6) is 5.75 Å². The second-order valence-corrected chi connectivity index (χ2v) is 8.92. The molecule has 31 heavy (non-hydrogen) atoms. The summed E-state index contributed by atoms with van der Waals surface area (Å²) in [6.07, 6.45) is 1.45. The number of ketones is 1. The van der Waals surface area contributed by atoms with Crippen LogP contribution in [0.3, 0.4) is 0 Å². The lowest BCUT2D eigenvalue weighted by molar-refractivity contribution is 0.0948. The predicted molar refractivity (Wildman–Crippen MR) is 125 cm³/mol. The van der Waals surface area contributed by atoms with E-state index in [2.05, 4.69) is 21.2 Å². The summed E-state index contributed by atoms with van der Waals surface area (Å²) in [5, 5.41) is 3.04. The van der Waals surface area contributed by atoms with Gasteiger partial charge in [-0.2, -0.15) is 0 Å². The number of fused-ring (bicyclic) bond motifs is 1. The Morgan fingerprint density at radius 3 is 2.71 bits per heavy atom. The van der Waals surface area contributed by atoms with Crippen LogP contribution in [0.25, 0.3) is 0 Å². The summed E-state index contributed by atoms with van der Waals surface area (Å²) in [5.41, 5.74) is 2.47. The average Bonchev–Trinajstić information content (AvgIpc) is 2.82. The molecule has 1 fully saturated rings. The van der Waals surface area contributed by atoms with E-state index in [1.807, 2.05) is 30.3 Å². The van der Waals surface area contributed by atoms with Gasteiger partial charge in [-0.1, -0.05) is 24.3 Å². The van der Waals surface area contributed by atoms with E-state index in [1.165, 1.54) is 0 Å². The molecular formula is C24H29N3O3S. The van der Waals surface area contributed by atoms with E-state index in [1.54, 1.807) is 24.9 Å². The second kappa shape index (κ2) is 10.2. The van der Waals surface area contributed by atoms with Gasteiger partial charge in [0.25, 0.3) is 5.91 Å². The number of carbonyl (C=O) groups is 2. The molecule has 0 atom stereocenters. The van der Waals surface area contributed by atoms with Gasteiger partial charge in [0.2, 0.25) is 0 Å². The Morgan fingerprint density at radius 1 is 1.10 bits per heavy atom. The van der Waals surface area contributed by atoms with E-state index < -0.39 is 0 Å². The van der Waals surface area contributed by atoms with Crippen molar-refractivity contribution < 1.29 is 14.3 Å². The molecule has 2 aliphatic rings. The van der Waals surface area contributed by atoms with Gasteiger partial charge in [0, 0.05) is 55.4 Å². The largest absolute Gasteiger partial charge is 0.495 e. The minimum atomic E-state index is -0.0833. The number of anilines is 1. The van der Waals surface area contributed by atoms with Gasteiger partial charge >= 0.3 is 0 Å². The van der Waals surface area contributed by atoms with Crippen LogP contribution in [-0.2, 0) is 0 Å². The van der Waals surface area contributed by atoms with E-state index in [4.69, 9.17) is 4.74 Å². The standard InChI is InChI=1S/C24H29N3O3S/c1-30-22-9-3-2-8-20(22)27-15-13-26(14-16-27)12-5-11-25-24(29)19-7-4-6-18-21(28)10-17-31-23(18)19/h2-4,6-9H,5,10-17H2,1H3,(H,25,29). The fraction of sp³-hybridized carbons (Fsp3) is 0.417. The molecule has 7 heteroatoms. The molecular weight excluding hydrogens is 410 g/mol. The summed E-state index contributed by atoms with van der Waals surface area (Å²) in [6.45, 7) is 5.52. The molecule has 1 saturated heterocycles. The summed E-state index contributed by atoms with van der Waals surface area (Å²) < 4.78 is 5.49. The highest BCUT2D eigenvalue weighted by Crippen LogP contribution is 2.33. The number of thioether (sulfide) groups is 1. The summed E-state index contributed by atoms with van der Waals surface area (Å²) in [6, 6.07) is 13.6. The fourth-order valence-corrected chi connectivity index (χ4v) is 5.32. The van der Waals surface area contributed by atoms with Crippen molar-refractivity contribution in [1.29, 1.82) is 0 Å². The van der Waals surface area contributed by atoms with E-state index in [9.17, 15) is 9.59 Å². The van der Waals surface area contributed by atoms with E-state index in [-0.39, 0.29) is 11.7 Å². The third kappa shape index (κ3) is 5.05. The number of nitrogens with one attached hydrogen (secondary N) is 1. The number of carbonyl (C=O) groups excluding carboxylic acids is 2. The van der Waals surface area contributed by atoms with Crippen LogP contribution in [0.1, 0.15) is 33.6 Å². The van der Waals surface area contributed by atoms with Crippen molar-refractivity contribution in [3.8, 4) is 5.75 Å². The van der Waals surface area contributed by atoms with Crippen molar-refractivity contribution in [1.82, 2.24) is 10.2 Å². The normalized spacial score (nSPS) is 16.7. The highest BCUT2D eigenvalue weighted by molar-refractivity contribution is 7.99. The first-order valence-corrected chi connectivity index (χ1v) is 11.8. The molecule has 1 N–H and O–H groups in total. The number of rotatable bonds is 7. The van der Waals surface area contributed by atoms with Crippen molar-refractivity contribution >= 4 is 29.1 Å². The van der Waals surface area contributed by atoms with Crippen molar-refractivity contribution in [2.24, 2.45) is 0 Å². The number of benzene rings is 2. The molecule has 0 unspecified atom stereocenters. The maximum Gasteiger partial charge on any atom is 0.252 e. The summed E-state index contributed by atoms with van der Waals surface area (Å²) >= 11 is 1.61. The van der Waals surface area contributed by atoms with Crippen LogP contribution in [0.4, 0.5) is 5.69 Å². The molecule has 0 spiro atoms. The molecule has 2 aromatic rings. The first-order chi connectivity index (χ1) is 15.2. The quantitative estimate of drug-likeness (QED) is 0.668. The first-order valence-electron chi connectivity index (χ1n) is 10.8. The molecule has 6 nitrogen and oxygen atoms in total. The third-order valence-electron chi connectivity index (χ3n) is 5.87. The van der Waals surface area contributed by atoms with Gasteiger partial charge in [-0.15, -0.1) is 11.8 Å². The van der Waals surface area contributed by atoms with Crippen LogP contribution in [0.15, 0.2) is 47.4 Å². The van der Waals surface area contributed by atoms with Gasteiger partial charge in [0.05, 0.1) is 18.4 Å². The molecule has 0 bridgehead atoms. The minimum absolute atomic E-state index is 0.0833. The van der Waals surface area contributed by atoms with Gasteiger partial charge in [0.15, 0.2) is 5.78 Å². The number of para-hydroxylation sites is 2. The monoisotopic (exact) mass is 439 g/mol. The Kier molecular flexibility index (Phi) is 7.14. The lowest BCUT2D eigenvalue weighted by Gasteiger charge is -2.36. The summed E-state index contributed by atoms with van der Waals surface area (Å²) in [5.74, 6) is 1.72. The molecule has 0 aromatic heterocycles. The van der Waals surface area contributed by atoms with Gasteiger partial charge in [-0.05, 0) is 31.2 Å². The van der Waals surface area contributed by atoms with Crippen molar-refractivity contribution in [3.05, 3.63) is 53.6 Å². The number of Topliss-reactive ketones (excluding diaryl/α,β-unsaturated/α-hetero) is 1. The zero-order valence-electron chi connectivity index (χ0n) is 17.9. The highest BCUT2D eigenvalue weighted by Gasteiger charge is 2.23. The zero-order chi connectivity index (χ0) is 21.6. The molecule has 1 amide bonds. The SMILES string of the molecule is COc1ccccc1N1CCN(CCCNC(=O)c2cccc3c2SCCC3=O)CC1. The third-order valence-corrected chi connectivity index (χ3v) is 7.01. The number of hydrogen-bond acceptors (Lipinski definition) is 6. The average molecular weight is 440 g/mol. The maximum absolute atomic E-state index is 12.7. The van der Waals surface area contributed by atoms with Crippen molar-refractivity contribution in [2.45, 2.75) is 17.7 Å². The molecule has 0 saturated carbocycles. The Labute approximate surface area is 187 Å². The number of piperazine rings is 1. The minimum Gasteiger partial charge on any atom is -0.495 e. The molecule has 164 valence electrons. The predicted octanol–water partition coefficient (Wildman–Crippen LogP) is 3.32. The zero-order valence-corrected chi connectivity index (χ0v) is 18.7. The van der Waals surface area contributed by atoms with E-state index in [0.29, 0.717) is 24.1 Å². The van der Waals surface area contributed by atoms with Crippen LogP contribution >= 0.6 is 11.8 Å². The summed E-state index contributed by atoms with van der Waals surface area (Å²) in [4.78, 5) is 30.4. The smallest absolute Gasteiger partial charge is 0.252 e. The Morgan fingerprint density at radius 2 is 1.90 bits per heavy atom. The second-order valence-electron chi connectivity index (χ2n) is 7.81. The van der Waals surface area contributed by atoms with E-state index in [0.717, 1.165) is 61.2 Å². The first kappa shape index (κ1) is 21.7. The molecule has 2 heterocycles. The van der Waals surface area contributed by atoms with Gasteiger partial charge in [-0.3, -0.25) is 14.5 Å². The van der Waals surface area contributed by atoms with Crippen LogP contribution < -0.4 is 15.0 Å². The molecule has 0 aliphatic carbocycles. The van der Waals surface area contributed by atoms with Crippen LogP contribution in [0.2, 0.25) is 0 Å². The van der Waals surface area contributed by atoms with Crippen LogP contribution in [-0.4, -0.2) is 68.7 Å². The molecule has 2 aliphatic heterocycles. The van der Waals surface area contributed by atoms with Crippen molar-refractivity contribution in [3.63, 3.8) is 0 Å². The van der Waals surface area contributed by atoms with Gasteiger partial charge in [0.1, 0.15) is 5.75 Å². The Balaban J connectivity index is 1.22. The lowest BCUT2D eigenvalue weighted by Crippen LogP contribution is -2.47. The number of nitrogens with zero attached hydrogens (tertiary/aromatic N) is 2. The van der Waals surface area contributed by atoms with Gasteiger partial charge in [-0.25, -0.2) is 0 Å². The molecule has 2 aromatic carbocycles. The van der Waals surface area contributed by atoms with Gasteiger partial charge < -0.3 is 15.0 Å². The lowest BCUT2D eigenvalue weighted by atomic mass is 10.0. The fourth-order valence-electron chi connectivity index (χ4n) is 4.17. The molecule has 0 radical (unpaired) electrons. The molecule has 4 rings (SSSR count). The number of amides is 1. The number of hydrogen-bond donors (Lipinski definition) is 1. The van der Waals surface area contributed by atoms with Crippen molar-refractivity contribution in [2.75, 3.05) is 57.0 Å². The Bertz CT molecular complexity index is 941.